The van der Waals surface area contributed by atoms with Crippen LogP contribution in [0.5, 0.6) is 11.6 Å². The minimum Gasteiger partial charge on any atom is -0.438 e. The first-order valence-electron chi connectivity index (χ1n) is 11.1. The Labute approximate surface area is 201 Å². The van der Waals surface area contributed by atoms with Crippen LogP contribution in [-0.4, -0.2) is 26.0 Å². The number of hydrogen-bond acceptors (Lipinski definition) is 7. The van der Waals surface area contributed by atoms with Crippen LogP contribution >= 0.6 is 0 Å². The summed E-state index contributed by atoms with van der Waals surface area (Å²) in [7, 11) is 0. The molecule has 1 N–H and O–H groups in total. The lowest BCUT2D eigenvalue weighted by molar-refractivity contribution is 0.102. The number of aryl methyl sites for hydroxylation is 1. The Morgan fingerprint density at radius 2 is 1.77 bits per heavy atom. The number of pyridine rings is 1. The maximum Gasteiger partial charge on any atom is 0.261 e. The Morgan fingerprint density at radius 3 is 2.57 bits per heavy atom. The smallest absolute Gasteiger partial charge is 0.261 e. The van der Waals surface area contributed by atoms with Crippen LogP contribution in [-0.2, 0) is 6.42 Å². The molecule has 3 heterocycles. The first kappa shape index (κ1) is 22.0. The van der Waals surface area contributed by atoms with E-state index in [0.717, 1.165) is 29.1 Å². The second kappa shape index (κ2) is 9.96. The molecule has 172 valence electrons. The highest BCUT2D eigenvalue weighted by Gasteiger charge is 2.18. The van der Waals surface area contributed by atoms with Gasteiger partial charge >= 0.3 is 0 Å². The third-order valence-electron chi connectivity index (χ3n) is 5.25. The van der Waals surface area contributed by atoms with Gasteiger partial charge in [-0.2, -0.15) is 0 Å². The van der Waals surface area contributed by atoms with Gasteiger partial charge in [0.2, 0.25) is 5.88 Å². The van der Waals surface area contributed by atoms with Crippen LogP contribution in [0.3, 0.4) is 0 Å². The highest BCUT2D eigenvalue weighted by atomic mass is 16.5. The number of nitrogens with zero attached hydrogens (tertiary/aromatic N) is 4. The molecule has 0 radical (unpaired) electrons. The molecule has 0 aliphatic heterocycles. The molecule has 0 aliphatic rings. The fourth-order valence-electron chi connectivity index (χ4n) is 3.50. The SMILES string of the molecule is CCc1nccc(-c2cccnc2Oc2ccc(NC(=O)c3cnoc3-c3ccccc3)cc2)n1. The van der Waals surface area contributed by atoms with Gasteiger partial charge in [0.15, 0.2) is 5.76 Å². The molecule has 0 saturated carbocycles. The summed E-state index contributed by atoms with van der Waals surface area (Å²) in [6.07, 6.45) is 5.54. The number of rotatable bonds is 7. The number of anilines is 1. The van der Waals surface area contributed by atoms with Crippen LogP contribution in [0.25, 0.3) is 22.6 Å². The predicted molar refractivity (Wildman–Crippen MR) is 131 cm³/mol. The van der Waals surface area contributed by atoms with Crippen molar-refractivity contribution in [1.82, 2.24) is 20.1 Å². The fraction of sp³-hybridized carbons (Fsp3) is 0.0741. The molecule has 0 unspecified atom stereocenters. The van der Waals surface area contributed by atoms with Crippen molar-refractivity contribution in [3.63, 3.8) is 0 Å². The van der Waals surface area contributed by atoms with E-state index in [1.807, 2.05) is 55.5 Å². The Hall–Kier alpha value is -4.85. The maximum absolute atomic E-state index is 12.8. The monoisotopic (exact) mass is 463 g/mol. The third-order valence-corrected chi connectivity index (χ3v) is 5.25. The van der Waals surface area contributed by atoms with Crippen molar-refractivity contribution in [3.8, 4) is 34.2 Å². The highest BCUT2D eigenvalue weighted by molar-refractivity contribution is 6.07. The van der Waals surface area contributed by atoms with Gasteiger partial charge in [-0.3, -0.25) is 4.79 Å². The summed E-state index contributed by atoms with van der Waals surface area (Å²) in [5.41, 5.74) is 3.24. The molecule has 8 nitrogen and oxygen atoms in total. The van der Waals surface area contributed by atoms with Gasteiger partial charge in [0, 0.05) is 30.1 Å². The molecule has 3 aromatic heterocycles. The molecular weight excluding hydrogens is 442 g/mol. The van der Waals surface area contributed by atoms with E-state index >= 15 is 0 Å². The third kappa shape index (κ3) is 4.91. The largest absolute Gasteiger partial charge is 0.438 e. The zero-order chi connectivity index (χ0) is 24.0. The van der Waals surface area contributed by atoms with E-state index in [4.69, 9.17) is 9.26 Å². The van der Waals surface area contributed by atoms with Gasteiger partial charge in [-0.05, 0) is 42.5 Å². The van der Waals surface area contributed by atoms with Crippen molar-refractivity contribution in [2.75, 3.05) is 5.32 Å². The van der Waals surface area contributed by atoms with Crippen LogP contribution in [0, 0.1) is 0 Å². The van der Waals surface area contributed by atoms with Gasteiger partial charge in [-0.25, -0.2) is 15.0 Å². The first-order chi connectivity index (χ1) is 17.2. The van der Waals surface area contributed by atoms with Crippen molar-refractivity contribution in [1.29, 1.82) is 0 Å². The summed E-state index contributed by atoms with van der Waals surface area (Å²) in [6.45, 7) is 2.01. The molecule has 35 heavy (non-hydrogen) atoms. The topological polar surface area (TPSA) is 103 Å². The van der Waals surface area contributed by atoms with E-state index in [1.165, 1.54) is 6.20 Å². The zero-order valence-corrected chi connectivity index (χ0v) is 18.9. The lowest BCUT2D eigenvalue weighted by atomic mass is 10.1. The molecule has 5 aromatic rings. The number of amides is 1. The van der Waals surface area contributed by atoms with Gasteiger partial charge < -0.3 is 14.6 Å². The molecule has 0 bridgehead atoms. The fourth-order valence-corrected chi connectivity index (χ4v) is 3.50. The molecule has 1 amide bonds. The van der Waals surface area contributed by atoms with Crippen molar-refractivity contribution in [3.05, 3.63) is 103 Å². The van der Waals surface area contributed by atoms with Gasteiger partial charge in [0.25, 0.3) is 5.91 Å². The molecule has 2 aromatic carbocycles. The minimum atomic E-state index is -0.318. The van der Waals surface area contributed by atoms with Gasteiger partial charge in [-0.15, -0.1) is 0 Å². The van der Waals surface area contributed by atoms with Crippen LogP contribution in [0.2, 0.25) is 0 Å². The Morgan fingerprint density at radius 1 is 0.943 bits per heavy atom. The number of nitrogens with one attached hydrogen (secondary N) is 1. The van der Waals surface area contributed by atoms with Gasteiger partial charge in [0.05, 0.1) is 17.5 Å². The second-order valence-electron chi connectivity index (χ2n) is 7.58. The Kier molecular flexibility index (Phi) is 6.25. The van der Waals surface area contributed by atoms with E-state index in [1.54, 1.807) is 36.7 Å². The van der Waals surface area contributed by atoms with E-state index in [-0.39, 0.29) is 5.91 Å². The predicted octanol–water partition coefficient (Wildman–Crippen LogP) is 5.80. The lowest BCUT2D eigenvalue weighted by Crippen LogP contribution is -2.11. The normalized spacial score (nSPS) is 10.7. The molecule has 0 atom stereocenters. The number of hydrogen-bond donors (Lipinski definition) is 1. The summed E-state index contributed by atoms with van der Waals surface area (Å²) < 4.78 is 11.3. The van der Waals surface area contributed by atoms with Gasteiger partial charge in [-0.1, -0.05) is 42.4 Å². The number of benzene rings is 2. The highest BCUT2D eigenvalue weighted by Crippen LogP contribution is 2.31. The van der Waals surface area contributed by atoms with Crippen LogP contribution in [0.1, 0.15) is 23.1 Å². The van der Waals surface area contributed by atoms with E-state index < -0.39 is 0 Å². The number of carbonyl (C=O) groups is 1. The van der Waals surface area contributed by atoms with E-state index in [9.17, 15) is 4.79 Å². The van der Waals surface area contributed by atoms with Crippen molar-refractivity contribution < 1.29 is 14.1 Å². The molecule has 0 saturated heterocycles. The summed E-state index contributed by atoms with van der Waals surface area (Å²) in [5, 5.41) is 6.66. The summed E-state index contributed by atoms with van der Waals surface area (Å²) in [5.74, 6) is 1.85. The van der Waals surface area contributed by atoms with Crippen LogP contribution in [0.15, 0.2) is 95.9 Å². The molecule has 0 spiro atoms. The molecule has 8 heteroatoms. The standard InChI is InChI=1S/C27H21N5O3/c1-2-24-28-16-14-23(32-24)21-9-6-15-29-27(21)34-20-12-10-19(11-13-20)31-26(33)22-17-30-35-25(22)18-7-4-3-5-8-18/h3-17H,2H2,1H3,(H,31,33). The molecule has 0 aliphatic carbocycles. The summed E-state index contributed by atoms with van der Waals surface area (Å²) in [4.78, 5) is 26.0. The second-order valence-corrected chi connectivity index (χ2v) is 7.58. The Balaban J connectivity index is 1.31. The van der Waals surface area contributed by atoms with E-state index in [2.05, 4.69) is 25.4 Å². The Bertz CT molecular complexity index is 1450. The van der Waals surface area contributed by atoms with Crippen molar-refractivity contribution in [2.45, 2.75) is 13.3 Å². The van der Waals surface area contributed by atoms with E-state index in [0.29, 0.717) is 28.6 Å². The van der Waals surface area contributed by atoms with Gasteiger partial charge in [0.1, 0.15) is 17.1 Å². The van der Waals surface area contributed by atoms with Crippen LogP contribution in [0.4, 0.5) is 5.69 Å². The lowest BCUT2D eigenvalue weighted by Gasteiger charge is -2.11. The average Bonchev–Trinajstić information content (AvgIpc) is 3.41. The number of aromatic nitrogens is 4. The zero-order valence-electron chi connectivity index (χ0n) is 18.9. The summed E-state index contributed by atoms with van der Waals surface area (Å²) in [6, 6.07) is 22.0. The molecule has 0 fully saturated rings. The first-order valence-corrected chi connectivity index (χ1v) is 11.1. The molecular formula is C27H21N5O3. The maximum atomic E-state index is 12.8. The number of ether oxygens (including phenoxy) is 1. The van der Waals surface area contributed by atoms with Crippen LogP contribution < -0.4 is 10.1 Å². The average molecular weight is 463 g/mol. The van der Waals surface area contributed by atoms with Crippen molar-refractivity contribution in [2.24, 2.45) is 0 Å². The number of carbonyl (C=O) groups excluding carboxylic acids is 1. The van der Waals surface area contributed by atoms with Crippen molar-refractivity contribution >= 4 is 11.6 Å². The minimum absolute atomic E-state index is 0.318. The summed E-state index contributed by atoms with van der Waals surface area (Å²) >= 11 is 0. The quantitative estimate of drug-likeness (QED) is 0.325. The molecule has 5 rings (SSSR count).